The van der Waals surface area contributed by atoms with Crippen molar-refractivity contribution in [3.05, 3.63) is 58.6 Å². The van der Waals surface area contributed by atoms with Crippen LogP contribution in [-0.4, -0.2) is 26.6 Å². The van der Waals surface area contributed by atoms with E-state index in [9.17, 15) is 8.42 Å². The van der Waals surface area contributed by atoms with Crippen molar-refractivity contribution >= 4 is 38.1 Å². The van der Waals surface area contributed by atoms with Gasteiger partial charge < -0.3 is 9.15 Å². The molecule has 2 aromatic carbocycles. The van der Waals surface area contributed by atoms with Crippen LogP contribution in [0.3, 0.4) is 0 Å². The first-order valence-electron chi connectivity index (χ1n) is 9.11. The molecule has 4 aromatic rings. The third-order valence-corrected chi connectivity index (χ3v) is 7.52. The van der Waals surface area contributed by atoms with Crippen LogP contribution in [0.2, 0.25) is 0 Å². The normalized spacial score (nSPS) is 13.7. The highest BCUT2D eigenvalue weighted by Crippen LogP contribution is 2.39. The standard InChI is InChI=1S/C21H15N3O4S2/c1-13-23-18-10-17(3-5-20(18)28-13)30(25,26)24-6-7-27-21-4-2-14(9-19(21)24)15-8-16(11-22)29-12-15/h2-5,8-10,12H,6-7H2,1H3. The van der Waals surface area contributed by atoms with Gasteiger partial charge in [0.2, 0.25) is 0 Å². The summed E-state index contributed by atoms with van der Waals surface area (Å²) < 4.78 is 39.4. The number of ether oxygens (including phenoxy) is 1. The van der Waals surface area contributed by atoms with Crippen molar-refractivity contribution < 1.29 is 17.6 Å². The molecular weight excluding hydrogens is 422 g/mol. The van der Waals surface area contributed by atoms with Gasteiger partial charge >= 0.3 is 0 Å². The van der Waals surface area contributed by atoms with Crippen LogP contribution in [0.5, 0.6) is 5.75 Å². The highest BCUT2D eigenvalue weighted by Gasteiger charge is 2.31. The molecule has 0 bridgehead atoms. The lowest BCUT2D eigenvalue weighted by atomic mass is 10.1. The summed E-state index contributed by atoms with van der Waals surface area (Å²) in [6.07, 6.45) is 0. The molecule has 1 aliphatic heterocycles. The van der Waals surface area contributed by atoms with Gasteiger partial charge in [-0.2, -0.15) is 5.26 Å². The van der Waals surface area contributed by atoms with Gasteiger partial charge in [0.15, 0.2) is 11.5 Å². The van der Waals surface area contributed by atoms with Crippen molar-refractivity contribution in [2.45, 2.75) is 11.8 Å². The molecule has 5 rings (SSSR count). The molecule has 0 aliphatic carbocycles. The van der Waals surface area contributed by atoms with E-state index < -0.39 is 10.0 Å². The molecule has 1 aliphatic rings. The molecule has 2 aromatic heterocycles. The Hall–Kier alpha value is -3.35. The smallest absolute Gasteiger partial charge is 0.264 e. The SMILES string of the molecule is Cc1nc2cc(S(=O)(=O)N3CCOc4ccc(-c5csc(C#N)c5)cc43)ccc2o1. The van der Waals surface area contributed by atoms with Crippen LogP contribution in [0, 0.1) is 18.3 Å². The zero-order valence-corrected chi connectivity index (χ0v) is 17.5. The minimum absolute atomic E-state index is 0.142. The first kappa shape index (κ1) is 18.7. The van der Waals surface area contributed by atoms with Gasteiger partial charge in [0.1, 0.15) is 28.8 Å². The van der Waals surface area contributed by atoms with Crippen LogP contribution in [0.25, 0.3) is 22.2 Å². The van der Waals surface area contributed by atoms with Gasteiger partial charge in [-0.3, -0.25) is 4.31 Å². The number of anilines is 1. The minimum Gasteiger partial charge on any atom is -0.489 e. The van der Waals surface area contributed by atoms with E-state index in [4.69, 9.17) is 14.4 Å². The first-order valence-corrected chi connectivity index (χ1v) is 11.4. The molecule has 0 spiro atoms. The number of rotatable bonds is 3. The third-order valence-electron chi connectivity index (χ3n) is 4.88. The highest BCUT2D eigenvalue weighted by molar-refractivity contribution is 7.92. The number of thiophene rings is 1. The lowest BCUT2D eigenvalue weighted by molar-refractivity contribution is 0.316. The number of fused-ring (bicyclic) bond motifs is 2. The number of oxazole rings is 1. The van der Waals surface area contributed by atoms with E-state index >= 15 is 0 Å². The first-order chi connectivity index (χ1) is 14.5. The fourth-order valence-electron chi connectivity index (χ4n) is 3.48. The van der Waals surface area contributed by atoms with E-state index in [2.05, 4.69) is 11.1 Å². The van der Waals surface area contributed by atoms with Gasteiger partial charge in [-0.05, 0) is 52.9 Å². The number of nitrogens with zero attached hydrogens (tertiary/aromatic N) is 3. The summed E-state index contributed by atoms with van der Waals surface area (Å²) in [7, 11) is -3.83. The fraction of sp³-hybridized carbons (Fsp3) is 0.143. The molecule has 9 heteroatoms. The highest BCUT2D eigenvalue weighted by atomic mass is 32.2. The van der Waals surface area contributed by atoms with Crippen molar-refractivity contribution in [2.24, 2.45) is 0 Å². The van der Waals surface area contributed by atoms with E-state index in [0.717, 1.165) is 11.1 Å². The predicted octanol–water partition coefficient (Wildman–Crippen LogP) is 4.32. The molecule has 7 nitrogen and oxygen atoms in total. The maximum atomic E-state index is 13.5. The van der Waals surface area contributed by atoms with Gasteiger partial charge in [-0.25, -0.2) is 13.4 Å². The monoisotopic (exact) mass is 437 g/mol. The van der Waals surface area contributed by atoms with Crippen LogP contribution < -0.4 is 9.04 Å². The summed E-state index contributed by atoms with van der Waals surface area (Å²) in [5.41, 5.74) is 3.20. The quantitative estimate of drug-likeness (QED) is 0.473. The number of aromatic nitrogens is 1. The van der Waals surface area contributed by atoms with E-state index in [-0.39, 0.29) is 18.0 Å². The van der Waals surface area contributed by atoms with Crippen LogP contribution in [-0.2, 0) is 10.0 Å². The molecule has 150 valence electrons. The van der Waals surface area contributed by atoms with Crippen molar-refractivity contribution in [1.82, 2.24) is 4.98 Å². The van der Waals surface area contributed by atoms with Gasteiger partial charge in [-0.1, -0.05) is 6.07 Å². The van der Waals surface area contributed by atoms with E-state index in [1.807, 2.05) is 11.4 Å². The average molecular weight is 438 g/mol. The third kappa shape index (κ3) is 3.01. The van der Waals surface area contributed by atoms with E-state index in [1.165, 1.54) is 27.8 Å². The Morgan fingerprint density at radius 1 is 1.17 bits per heavy atom. The maximum absolute atomic E-state index is 13.5. The fourth-order valence-corrected chi connectivity index (χ4v) is 5.66. The van der Waals surface area contributed by atoms with Crippen LogP contribution in [0.4, 0.5) is 5.69 Å². The molecule has 0 unspecified atom stereocenters. The number of hydrogen-bond acceptors (Lipinski definition) is 7. The summed E-state index contributed by atoms with van der Waals surface area (Å²) in [4.78, 5) is 4.98. The van der Waals surface area contributed by atoms with Crippen molar-refractivity contribution in [1.29, 1.82) is 5.26 Å². The summed E-state index contributed by atoms with van der Waals surface area (Å²) in [6.45, 7) is 2.17. The zero-order chi connectivity index (χ0) is 20.9. The lowest BCUT2D eigenvalue weighted by Crippen LogP contribution is -2.37. The van der Waals surface area contributed by atoms with Gasteiger partial charge in [0, 0.05) is 6.92 Å². The second-order valence-corrected chi connectivity index (χ2v) is 9.56. The number of sulfonamides is 1. The van der Waals surface area contributed by atoms with Gasteiger partial charge in [0.05, 0.1) is 17.1 Å². The number of hydrogen-bond donors (Lipinski definition) is 0. The topological polar surface area (TPSA) is 96.4 Å². The van der Waals surface area contributed by atoms with E-state index in [1.54, 1.807) is 31.2 Å². The Kier molecular flexibility index (Phi) is 4.27. The van der Waals surface area contributed by atoms with Crippen LogP contribution in [0.1, 0.15) is 10.8 Å². The zero-order valence-electron chi connectivity index (χ0n) is 15.8. The van der Waals surface area contributed by atoms with Crippen LogP contribution in [0.15, 0.2) is 57.2 Å². The van der Waals surface area contributed by atoms with Crippen LogP contribution >= 0.6 is 11.3 Å². The molecule has 0 saturated carbocycles. The van der Waals surface area contributed by atoms with Crippen molar-refractivity contribution in [2.75, 3.05) is 17.5 Å². The maximum Gasteiger partial charge on any atom is 0.264 e. The molecule has 3 heterocycles. The Balaban J connectivity index is 1.60. The summed E-state index contributed by atoms with van der Waals surface area (Å²) >= 11 is 1.35. The number of benzene rings is 2. The predicted molar refractivity (Wildman–Crippen MR) is 113 cm³/mol. The van der Waals surface area contributed by atoms with Crippen molar-refractivity contribution in [3.8, 4) is 22.9 Å². The Bertz CT molecular complexity index is 1430. The molecule has 0 fully saturated rings. The molecule has 0 N–H and O–H groups in total. The Morgan fingerprint density at radius 2 is 2.03 bits per heavy atom. The lowest BCUT2D eigenvalue weighted by Gasteiger charge is -2.30. The molecule has 0 amide bonds. The molecule has 0 radical (unpaired) electrons. The van der Waals surface area contributed by atoms with Gasteiger partial charge in [-0.15, -0.1) is 11.3 Å². The van der Waals surface area contributed by atoms with E-state index in [0.29, 0.717) is 33.3 Å². The molecular formula is C21H15N3O4S2. The molecule has 30 heavy (non-hydrogen) atoms. The molecule has 0 atom stereocenters. The minimum atomic E-state index is -3.83. The summed E-state index contributed by atoms with van der Waals surface area (Å²) in [5, 5.41) is 11.0. The average Bonchev–Trinajstić information content (AvgIpc) is 3.37. The Labute approximate surface area is 176 Å². The largest absolute Gasteiger partial charge is 0.489 e. The number of aryl methyl sites for hydroxylation is 1. The summed E-state index contributed by atoms with van der Waals surface area (Å²) in [6, 6.07) is 14.0. The molecule has 0 saturated heterocycles. The second kappa shape index (κ2) is 6.86. The second-order valence-electron chi connectivity index (χ2n) is 6.78. The van der Waals surface area contributed by atoms with Gasteiger partial charge in [0.25, 0.3) is 10.0 Å². The van der Waals surface area contributed by atoms with Crippen molar-refractivity contribution in [3.63, 3.8) is 0 Å². The summed E-state index contributed by atoms with van der Waals surface area (Å²) in [5.74, 6) is 0.982. The number of nitriles is 1. The Morgan fingerprint density at radius 3 is 2.83 bits per heavy atom.